The maximum atomic E-state index is 13.0. The van der Waals surface area contributed by atoms with Crippen molar-refractivity contribution in [1.82, 2.24) is 25.5 Å². The second-order valence-electron chi connectivity index (χ2n) is 8.59. The number of nitrogens with one attached hydrogen (secondary N) is 2. The summed E-state index contributed by atoms with van der Waals surface area (Å²) in [6.07, 6.45) is -0.422. The van der Waals surface area contributed by atoms with Gasteiger partial charge >= 0.3 is 5.97 Å². The van der Waals surface area contributed by atoms with Gasteiger partial charge in [0.2, 0.25) is 11.8 Å². The maximum Gasteiger partial charge on any atom is 0.334 e. The Labute approximate surface area is 195 Å². The lowest BCUT2D eigenvalue weighted by Crippen LogP contribution is -2.62. The first-order valence-corrected chi connectivity index (χ1v) is 10.5. The minimum Gasteiger partial charge on any atom is -0.355 e. The molecule has 32 heavy (non-hydrogen) atoms. The summed E-state index contributed by atoms with van der Waals surface area (Å²) >= 11 is 0. The standard InChI is InChI=1S/C21H35N5O6/c1-14-12-25(5)15(13-24(14)4)21(2,3)20(31)23-10-8-16(27)22-11-9-19(30)32-26-17(28)6-7-18(26)29/h14-15H,6-13H2,1-5H3,(H,22,27)(H,23,31)/i4D2,5D3. The van der Waals surface area contributed by atoms with Crippen molar-refractivity contribution < 1.29 is 35.7 Å². The summed E-state index contributed by atoms with van der Waals surface area (Å²) in [5, 5.41) is 5.54. The quantitative estimate of drug-likeness (QED) is 0.433. The Morgan fingerprint density at radius 2 is 1.72 bits per heavy atom. The van der Waals surface area contributed by atoms with Crippen LogP contribution in [0.15, 0.2) is 0 Å². The number of piperazine rings is 1. The molecule has 0 aliphatic carbocycles. The van der Waals surface area contributed by atoms with Gasteiger partial charge in [-0.1, -0.05) is 0 Å². The van der Waals surface area contributed by atoms with E-state index in [2.05, 4.69) is 10.6 Å². The number of rotatable bonds is 9. The molecule has 4 amide bonds. The predicted molar refractivity (Wildman–Crippen MR) is 115 cm³/mol. The highest BCUT2D eigenvalue weighted by molar-refractivity contribution is 6.01. The van der Waals surface area contributed by atoms with Gasteiger partial charge in [-0.3, -0.25) is 24.1 Å². The summed E-state index contributed by atoms with van der Waals surface area (Å²) in [4.78, 5) is 67.2. The van der Waals surface area contributed by atoms with E-state index in [1.165, 1.54) is 9.80 Å². The van der Waals surface area contributed by atoms with Crippen molar-refractivity contribution in [2.75, 3.05) is 40.2 Å². The molecule has 2 fully saturated rings. The van der Waals surface area contributed by atoms with Crippen molar-refractivity contribution >= 4 is 29.6 Å². The lowest BCUT2D eigenvalue weighted by atomic mass is 9.80. The van der Waals surface area contributed by atoms with Crippen LogP contribution in [0.25, 0.3) is 0 Å². The Bertz CT molecular complexity index is 884. The third-order valence-corrected chi connectivity index (χ3v) is 5.69. The van der Waals surface area contributed by atoms with E-state index >= 15 is 0 Å². The van der Waals surface area contributed by atoms with E-state index in [9.17, 15) is 24.0 Å². The van der Waals surface area contributed by atoms with Crippen molar-refractivity contribution in [1.29, 1.82) is 0 Å². The third kappa shape index (κ3) is 6.49. The minimum absolute atomic E-state index is 0.0211. The van der Waals surface area contributed by atoms with Crippen LogP contribution in [-0.4, -0.2) is 96.7 Å². The predicted octanol–water partition coefficient (Wildman–Crippen LogP) is -0.733. The molecule has 2 aliphatic rings. The summed E-state index contributed by atoms with van der Waals surface area (Å²) < 4.78 is 39.3. The van der Waals surface area contributed by atoms with Gasteiger partial charge in [-0.25, -0.2) is 4.79 Å². The van der Waals surface area contributed by atoms with E-state index < -0.39 is 55.0 Å². The summed E-state index contributed by atoms with van der Waals surface area (Å²) in [6.45, 7) is 1.09. The van der Waals surface area contributed by atoms with Crippen molar-refractivity contribution in [2.24, 2.45) is 5.41 Å². The molecule has 2 rings (SSSR count). The molecule has 2 heterocycles. The van der Waals surface area contributed by atoms with E-state index in [-0.39, 0.29) is 57.9 Å². The molecule has 11 nitrogen and oxygen atoms in total. The van der Waals surface area contributed by atoms with Gasteiger partial charge in [-0.2, -0.15) is 0 Å². The second kappa shape index (κ2) is 10.9. The van der Waals surface area contributed by atoms with Gasteiger partial charge in [0.1, 0.15) is 0 Å². The van der Waals surface area contributed by atoms with Gasteiger partial charge in [0.15, 0.2) is 0 Å². The van der Waals surface area contributed by atoms with E-state index in [0.29, 0.717) is 5.06 Å². The second-order valence-corrected chi connectivity index (χ2v) is 8.59. The van der Waals surface area contributed by atoms with Crippen molar-refractivity contribution in [2.45, 2.75) is 58.5 Å². The number of carbonyl (C=O) groups is 5. The van der Waals surface area contributed by atoms with E-state index in [4.69, 9.17) is 11.7 Å². The Hall–Kier alpha value is -2.53. The molecule has 0 radical (unpaired) electrons. The summed E-state index contributed by atoms with van der Waals surface area (Å²) in [7, 11) is 0. The molecule has 2 N–H and O–H groups in total. The van der Waals surface area contributed by atoms with Gasteiger partial charge in [-0.15, -0.1) is 5.06 Å². The Morgan fingerprint density at radius 3 is 2.34 bits per heavy atom. The summed E-state index contributed by atoms with van der Waals surface area (Å²) in [5.74, 6) is -3.00. The fraction of sp³-hybridized carbons (Fsp3) is 0.762. The largest absolute Gasteiger partial charge is 0.355 e. The van der Waals surface area contributed by atoms with Gasteiger partial charge in [0, 0.05) is 64.4 Å². The zero-order valence-electron chi connectivity index (χ0n) is 23.7. The lowest BCUT2D eigenvalue weighted by molar-refractivity contribution is -0.197. The Morgan fingerprint density at radius 1 is 1.06 bits per heavy atom. The van der Waals surface area contributed by atoms with Crippen LogP contribution < -0.4 is 10.6 Å². The number of carbonyl (C=O) groups excluding carboxylic acids is 5. The van der Waals surface area contributed by atoms with Crippen LogP contribution in [-0.2, 0) is 28.8 Å². The fourth-order valence-corrected chi connectivity index (χ4v) is 3.48. The van der Waals surface area contributed by atoms with Crippen LogP contribution in [0.3, 0.4) is 0 Å². The number of likely N-dealkylation sites (N-methyl/N-ethyl adjacent to an activating group) is 2. The zero-order valence-corrected chi connectivity index (χ0v) is 18.7. The maximum absolute atomic E-state index is 13.0. The number of hydrogen-bond donors (Lipinski definition) is 2. The van der Waals surface area contributed by atoms with Crippen LogP contribution in [0, 0.1) is 5.41 Å². The van der Waals surface area contributed by atoms with Crippen LogP contribution in [0.4, 0.5) is 0 Å². The molecule has 0 aromatic carbocycles. The average molecular weight is 459 g/mol. The first-order chi connectivity index (χ1) is 17.1. The average Bonchev–Trinajstić information content (AvgIpc) is 3.09. The molecule has 0 bridgehead atoms. The van der Waals surface area contributed by atoms with Crippen LogP contribution >= 0.6 is 0 Å². The molecule has 11 heteroatoms. The van der Waals surface area contributed by atoms with Crippen molar-refractivity contribution in [3.05, 3.63) is 0 Å². The lowest BCUT2D eigenvalue weighted by Gasteiger charge is -2.48. The number of amides is 4. The Kier molecular flexibility index (Phi) is 6.45. The molecule has 0 saturated carbocycles. The number of hydroxylamine groups is 2. The van der Waals surface area contributed by atoms with E-state index in [0.717, 1.165) is 0 Å². The number of nitrogens with zero attached hydrogens (tertiary/aromatic N) is 3. The van der Waals surface area contributed by atoms with Crippen LogP contribution in [0.2, 0.25) is 0 Å². The fourth-order valence-electron chi connectivity index (χ4n) is 3.48. The van der Waals surface area contributed by atoms with E-state index in [1.54, 1.807) is 20.8 Å². The first kappa shape index (κ1) is 19.0. The molecule has 180 valence electrons. The molecule has 2 saturated heterocycles. The molecule has 2 unspecified atom stereocenters. The first-order valence-electron chi connectivity index (χ1n) is 13.2. The number of imide groups is 1. The minimum atomic E-state index is -2.47. The normalized spacial score (nSPS) is 25.5. The highest BCUT2D eigenvalue weighted by atomic mass is 16.7. The molecule has 2 atom stereocenters. The van der Waals surface area contributed by atoms with Gasteiger partial charge in [0.05, 0.1) is 11.8 Å². The molecule has 0 spiro atoms. The van der Waals surface area contributed by atoms with Gasteiger partial charge in [-0.05, 0) is 34.7 Å². The van der Waals surface area contributed by atoms with Crippen LogP contribution in [0.1, 0.15) is 53.3 Å². The van der Waals surface area contributed by atoms with Gasteiger partial charge in [0.25, 0.3) is 11.8 Å². The molecule has 0 aromatic heterocycles. The third-order valence-electron chi connectivity index (χ3n) is 5.69. The molecular weight excluding hydrogens is 418 g/mol. The Balaban J connectivity index is 1.83. The summed E-state index contributed by atoms with van der Waals surface area (Å²) in [5.41, 5.74) is -1.22. The highest BCUT2D eigenvalue weighted by Crippen LogP contribution is 2.29. The highest BCUT2D eigenvalue weighted by Gasteiger charge is 2.42. The number of hydrogen-bond acceptors (Lipinski definition) is 8. The monoisotopic (exact) mass is 458 g/mol. The molecule has 2 aliphatic heterocycles. The molecular formula is C21H35N5O6. The molecule has 0 aromatic rings. The van der Waals surface area contributed by atoms with Gasteiger partial charge < -0.3 is 20.4 Å². The topological polar surface area (TPSA) is 128 Å². The van der Waals surface area contributed by atoms with Crippen molar-refractivity contribution in [3.8, 4) is 0 Å². The SMILES string of the molecule is [2H]C([2H])N1CC(C(C)(C)C(=O)NCCC(=O)NCCC(=O)ON2C(=O)CCC2=O)N(C([2H])([2H])[2H])CC1C. The van der Waals surface area contributed by atoms with E-state index in [1.807, 2.05) is 0 Å². The zero-order chi connectivity index (χ0) is 28.1. The summed E-state index contributed by atoms with van der Waals surface area (Å²) in [6, 6.07) is -1.16. The van der Waals surface area contributed by atoms with Crippen molar-refractivity contribution in [3.63, 3.8) is 0 Å². The van der Waals surface area contributed by atoms with Crippen LogP contribution in [0.5, 0.6) is 0 Å². The smallest absolute Gasteiger partial charge is 0.334 e.